The van der Waals surface area contributed by atoms with Gasteiger partial charge >= 0.3 is 0 Å². The summed E-state index contributed by atoms with van der Waals surface area (Å²) in [5, 5.41) is 20.1. The molecular formula is C8H17NO4S. The van der Waals surface area contributed by atoms with Gasteiger partial charge in [0.15, 0.2) is 9.84 Å². The third kappa shape index (κ3) is 3.20. The average molecular weight is 223 g/mol. The van der Waals surface area contributed by atoms with E-state index < -0.39 is 15.9 Å². The van der Waals surface area contributed by atoms with Crippen LogP contribution in [-0.4, -0.2) is 55.4 Å². The predicted molar refractivity (Wildman–Crippen MR) is 52.8 cm³/mol. The molecule has 1 saturated heterocycles. The summed E-state index contributed by atoms with van der Waals surface area (Å²) < 4.78 is 22.7. The van der Waals surface area contributed by atoms with E-state index in [1.165, 1.54) is 0 Å². The molecular weight excluding hydrogens is 206 g/mol. The first-order chi connectivity index (χ1) is 6.56. The number of sulfone groups is 1. The lowest BCUT2D eigenvalue weighted by molar-refractivity contribution is 0.0946. The Bertz CT molecular complexity index is 265. The SMILES string of the molecule is O=S1(=O)CCCC1CNCC(O)CO. The van der Waals surface area contributed by atoms with Gasteiger partial charge in [0.2, 0.25) is 0 Å². The van der Waals surface area contributed by atoms with Crippen LogP contribution in [0.5, 0.6) is 0 Å². The van der Waals surface area contributed by atoms with E-state index in [0.717, 1.165) is 6.42 Å². The molecule has 5 nitrogen and oxygen atoms in total. The second kappa shape index (κ2) is 5.06. The lowest BCUT2D eigenvalue weighted by atomic mass is 10.2. The third-order valence-corrected chi connectivity index (χ3v) is 4.70. The lowest BCUT2D eigenvalue weighted by Gasteiger charge is -2.12. The molecule has 0 spiro atoms. The molecule has 1 fully saturated rings. The van der Waals surface area contributed by atoms with Crippen LogP contribution in [0.1, 0.15) is 12.8 Å². The Kier molecular flexibility index (Phi) is 4.31. The molecule has 1 rings (SSSR count). The van der Waals surface area contributed by atoms with E-state index in [1.807, 2.05) is 0 Å². The number of hydrogen-bond donors (Lipinski definition) is 3. The van der Waals surface area contributed by atoms with E-state index in [1.54, 1.807) is 0 Å². The van der Waals surface area contributed by atoms with Crippen molar-refractivity contribution < 1.29 is 18.6 Å². The van der Waals surface area contributed by atoms with Crippen LogP contribution < -0.4 is 5.32 Å². The summed E-state index contributed by atoms with van der Waals surface area (Å²) in [4.78, 5) is 0. The summed E-state index contributed by atoms with van der Waals surface area (Å²) in [6.07, 6.45) is 0.626. The molecule has 2 atom stereocenters. The predicted octanol–water partition coefficient (Wildman–Crippen LogP) is -1.49. The normalized spacial score (nSPS) is 27.7. The quantitative estimate of drug-likeness (QED) is 0.528. The molecule has 0 aliphatic carbocycles. The Morgan fingerprint density at radius 3 is 2.71 bits per heavy atom. The number of rotatable bonds is 5. The average Bonchev–Trinajstić information content (AvgIpc) is 2.45. The molecule has 1 heterocycles. The Morgan fingerprint density at radius 2 is 2.21 bits per heavy atom. The first-order valence-corrected chi connectivity index (χ1v) is 6.49. The molecule has 0 aromatic carbocycles. The van der Waals surface area contributed by atoms with Crippen LogP contribution in [-0.2, 0) is 9.84 Å². The minimum Gasteiger partial charge on any atom is -0.394 e. The molecule has 14 heavy (non-hydrogen) atoms. The molecule has 2 unspecified atom stereocenters. The zero-order valence-electron chi connectivity index (χ0n) is 8.02. The van der Waals surface area contributed by atoms with E-state index in [4.69, 9.17) is 10.2 Å². The highest BCUT2D eigenvalue weighted by Crippen LogP contribution is 2.18. The fourth-order valence-electron chi connectivity index (χ4n) is 1.56. The largest absolute Gasteiger partial charge is 0.394 e. The number of aliphatic hydroxyl groups excluding tert-OH is 2. The van der Waals surface area contributed by atoms with Crippen LogP contribution in [0.4, 0.5) is 0 Å². The summed E-state index contributed by atoms with van der Waals surface area (Å²) in [5.74, 6) is 0.280. The van der Waals surface area contributed by atoms with Crippen molar-refractivity contribution in [3.05, 3.63) is 0 Å². The highest BCUT2D eigenvalue weighted by atomic mass is 32.2. The monoisotopic (exact) mass is 223 g/mol. The fraction of sp³-hybridized carbons (Fsp3) is 1.00. The van der Waals surface area contributed by atoms with Crippen LogP contribution in [0, 0.1) is 0 Å². The first kappa shape index (κ1) is 11.9. The van der Waals surface area contributed by atoms with E-state index >= 15 is 0 Å². The molecule has 0 bridgehead atoms. The van der Waals surface area contributed by atoms with Crippen molar-refractivity contribution in [2.75, 3.05) is 25.4 Å². The molecule has 6 heteroatoms. The molecule has 0 aromatic heterocycles. The van der Waals surface area contributed by atoms with E-state index in [9.17, 15) is 8.42 Å². The standard InChI is InChI=1S/C8H17NO4S/c10-6-7(11)4-9-5-8-2-1-3-14(8,12)13/h7-11H,1-6H2. The van der Waals surface area contributed by atoms with Gasteiger partial charge < -0.3 is 15.5 Å². The molecule has 1 aliphatic heterocycles. The van der Waals surface area contributed by atoms with Crippen molar-refractivity contribution in [1.29, 1.82) is 0 Å². The summed E-state index contributed by atoms with van der Waals surface area (Å²) in [5.41, 5.74) is 0. The van der Waals surface area contributed by atoms with Crippen molar-refractivity contribution in [1.82, 2.24) is 5.32 Å². The lowest BCUT2D eigenvalue weighted by Crippen LogP contribution is -2.36. The van der Waals surface area contributed by atoms with Gasteiger partial charge in [-0.3, -0.25) is 0 Å². The Balaban J connectivity index is 2.25. The summed E-state index contributed by atoms with van der Waals surface area (Å²) in [6.45, 7) is 0.312. The summed E-state index contributed by atoms with van der Waals surface area (Å²) in [6, 6.07) is 0. The van der Waals surface area contributed by atoms with Gasteiger partial charge in [-0.2, -0.15) is 0 Å². The van der Waals surface area contributed by atoms with Crippen LogP contribution in [0.2, 0.25) is 0 Å². The minimum absolute atomic E-state index is 0.239. The van der Waals surface area contributed by atoms with Gasteiger partial charge in [0.05, 0.1) is 23.7 Å². The molecule has 0 saturated carbocycles. The van der Waals surface area contributed by atoms with Gasteiger partial charge in [0.1, 0.15) is 0 Å². The van der Waals surface area contributed by atoms with Crippen molar-refractivity contribution in [2.24, 2.45) is 0 Å². The second-order valence-electron chi connectivity index (χ2n) is 3.63. The Labute approximate surface area is 84.1 Å². The van der Waals surface area contributed by atoms with E-state index in [2.05, 4.69) is 5.32 Å². The molecule has 1 aliphatic rings. The highest BCUT2D eigenvalue weighted by Gasteiger charge is 2.30. The maximum absolute atomic E-state index is 11.4. The summed E-state index contributed by atoms with van der Waals surface area (Å²) >= 11 is 0. The molecule has 84 valence electrons. The van der Waals surface area contributed by atoms with Gasteiger partial charge in [0, 0.05) is 13.1 Å². The van der Waals surface area contributed by atoms with Crippen LogP contribution in [0.15, 0.2) is 0 Å². The number of hydrogen-bond acceptors (Lipinski definition) is 5. The van der Waals surface area contributed by atoms with Gasteiger partial charge in [-0.25, -0.2) is 8.42 Å². The topological polar surface area (TPSA) is 86.6 Å². The maximum Gasteiger partial charge on any atom is 0.154 e. The zero-order valence-corrected chi connectivity index (χ0v) is 8.83. The van der Waals surface area contributed by atoms with Crippen LogP contribution >= 0.6 is 0 Å². The van der Waals surface area contributed by atoms with Gasteiger partial charge in [0.25, 0.3) is 0 Å². The molecule has 0 aromatic rings. The zero-order chi connectivity index (χ0) is 10.6. The van der Waals surface area contributed by atoms with Crippen molar-refractivity contribution in [2.45, 2.75) is 24.2 Å². The van der Waals surface area contributed by atoms with E-state index in [-0.39, 0.29) is 24.2 Å². The van der Waals surface area contributed by atoms with Crippen molar-refractivity contribution >= 4 is 9.84 Å². The fourth-order valence-corrected chi connectivity index (χ4v) is 3.36. The van der Waals surface area contributed by atoms with E-state index in [0.29, 0.717) is 13.0 Å². The van der Waals surface area contributed by atoms with Gasteiger partial charge in [-0.05, 0) is 12.8 Å². The first-order valence-electron chi connectivity index (χ1n) is 4.77. The minimum atomic E-state index is -2.90. The molecule has 0 radical (unpaired) electrons. The van der Waals surface area contributed by atoms with Crippen molar-refractivity contribution in [3.63, 3.8) is 0 Å². The Hall–Kier alpha value is -0.170. The molecule has 3 N–H and O–H groups in total. The van der Waals surface area contributed by atoms with Gasteiger partial charge in [-0.1, -0.05) is 0 Å². The summed E-state index contributed by atoms with van der Waals surface area (Å²) in [7, 11) is -2.90. The van der Waals surface area contributed by atoms with Crippen LogP contribution in [0.3, 0.4) is 0 Å². The smallest absolute Gasteiger partial charge is 0.154 e. The molecule has 0 amide bonds. The Morgan fingerprint density at radius 1 is 1.50 bits per heavy atom. The second-order valence-corrected chi connectivity index (χ2v) is 6.03. The highest BCUT2D eigenvalue weighted by molar-refractivity contribution is 7.92. The number of aliphatic hydroxyl groups is 2. The van der Waals surface area contributed by atoms with Gasteiger partial charge in [-0.15, -0.1) is 0 Å². The maximum atomic E-state index is 11.4. The third-order valence-electron chi connectivity index (χ3n) is 2.43. The van der Waals surface area contributed by atoms with Crippen LogP contribution in [0.25, 0.3) is 0 Å². The van der Waals surface area contributed by atoms with Crippen molar-refractivity contribution in [3.8, 4) is 0 Å². The number of nitrogens with one attached hydrogen (secondary N) is 1.